The van der Waals surface area contributed by atoms with Crippen molar-refractivity contribution in [1.29, 1.82) is 0 Å². The number of nitrogens with zero attached hydrogens (tertiary/aromatic N) is 1. The van der Waals surface area contributed by atoms with Crippen molar-refractivity contribution in [3.8, 4) is 5.75 Å². The van der Waals surface area contributed by atoms with Gasteiger partial charge in [0.05, 0.1) is 6.54 Å². The van der Waals surface area contributed by atoms with Crippen LogP contribution in [0.15, 0.2) is 30.3 Å². The molecule has 1 fully saturated rings. The number of para-hydroxylation sites is 1. The fraction of sp³-hybridized carbons (Fsp3) is 0.556. The number of hydrogen-bond donors (Lipinski definition) is 2. The van der Waals surface area contributed by atoms with Crippen molar-refractivity contribution in [2.45, 2.75) is 19.8 Å². The molecule has 1 aromatic rings. The van der Waals surface area contributed by atoms with Gasteiger partial charge in [-0.2, -0.15) is 0 Å². The molecule has 0 aliphatic carbocycles. The molecule has 0 radical (unpaired) electrons. The maximum Gasteiger partial charge on any atom is 0.258 e. The molecule has 1 aliphatic rings. The normalized spacial score (nSPS) is 15.1. The summed E-state index contributed by atoms with van der Waals surface area (Å²) in [7, 11) is 0. The fourth-order valence-electron chi connectivity index (χ4n) is 2.74. The molecule has 0 atom stereocenters. The molecule has 132 valence electrons. The Hall–Kier alpha value is -2.08. The number of rotatable bonds is 8. The van der Waals surface area contributed by atoms with E-state index in [-0.39, 0.29) is 25.0 Å². The van der Waals surface area contributed by atoms with Crippen LogP contribution >= 0.6 is 0 Å². The van der Waals surface area contributed by atoms with Gasteiger partial charge < -0.3 is 20.3 Å². The van der Waals surface area contributed by atoms with Gasteiger partial charge in [-0.3, -0.25) is 9.59 Å². The molecular weight excluding hydrogens is 306 g/mol. The Balaban J connectivity index is 1.61. The smallest absolute Gasteiger partial charge is 0.258 e. The summed E-state index contributed by atoms with van der Waals surface area (Å²) in [6.45, 7) is 5.60. The Kier molecular flexibility index (Phi) is 7.55. The van der Waals surface area contributed by atoms with Crippen molar-refractivity contribution in [2.75, 3.05) is 39.3 Å². The van der Waals surface area contributed by atoms with E-state index in [0.717, 1.165) is 39.0 Å². The van der Waals surface area contributed by atoms with Gasteiger partial charge >= 0.3 is 0 Å². The molecule has 1 aliphatic heterocycles. The quantitative estimate of drug-likeness (QED) is 0.745. The molecular formula is C18H27N3O3. The summed E-state index contributed by atoms with van der Waals surface area (Å²) < 4.78 is 5.35. The molecule has 1 heterocycles. The van der Waals surface area contributed by atoms with E-state index in [2.05, 4.69) is 17.6 Å². The van der Waals surface area contributed by atoms with Crippen molar-refractivity contribution in [2.24, 2.45) is 5.92 Å². The molecule has 2 rings (SSSR count). The predicted octanol–water partition coefficient (Wildman–Crippen LogP) is 1.03. The van der Waals surface area contributed by atoms with E-state index >= 15 is 0 Å². The summed E-state index contributed by atoms with van der Waals surface area (Å²) >= 11 is 0. The topological polar surface area (TPSA) is 70.7 Å². The third-order valence-electron chi connectivity index (χ3n) is 4.20. The molecule has 0 bridgehead atoms. The zero-order valence-electron chi connectivity index (χ0n) is 14.3. The number of carbonyl (C=O) groups excluding carboxylic acids is 2. The highest BCUT2D eigenvalue weighted by atomic mass is 16.5. The molecule has 6 heteroatoms. The molecule has 2 N–H and O–H groups in total. The number of hydrogen-bond acceptors (Lipinski definition) is 4. The Morgan fingerprint density at radius 1 is 1.21 bits per heavy atom. The van der Waals surface area contributed by atoms with Crippen molar-refractivity contribution in [3.05, 3.63) is 30.3 Å². The first-order valence-corrected chi connectivity index (χ1v) is 8.62. The molecule has 0 aromatic heterocycles. The fourth-order valence-corrected chi connectivity index (χ4v) is 2.74. The zero-order chi connectivity index (χ0) is 17.2. The van der Waals surface area contributed by atoms with Crippen molar-refractivity contribution >= 4 is 11.8 Å². The SMILES string of the molecule is CCNCC1CCN(C(=O)CNC(=O)COc2ccccc2)CC1. The largest absolute Gasteiger partial charge is 0.484 e. The van der Waals surface area contributed by atoms with Crippen LogP contribution in [0.25, 0.3) is 0 Å². The van der Waals surface area contributed by atoms with E-state index in [0.29, 0.717) is 11.7 Å². The first-order chi connectivity index (χ1) is 11.7. The van der Waals surface area contributed by atoms with E-state index in [9.17, 15) is 9.59 Å². The lowest BCUT2D eigenvalue weighted by Crippen LogP contribution is -2.45. The van der Waals surface area contributed by atoms with Gasteiger partial charge in [-0.05, 0) is 44.0 Å². The van der Waals surface area contributed by atoms with Crippen LogP contribution in [0.2, 0.25) is 0 Å². The summed E-state index contributed by atoms with van der Waals surface area (Å²) in [6.07, 6.45) is 2.04. The second-order valence-corrected chi connectivity index (χ2v) is 6.01. The van der Waals surface area contributed by atoms with Crippen molar-refractivity contribution < 1.29 is 14.3 Å². The summed E-state index contributed by atoms with van der Waals surface area (Å²) in [5.74, 6) is 0.976. The van der Waals surface area contributed by atoms with Gasteiger partial charge in [0.1, 0.15) is 5.75 Å². The highest BCUT2D eigenvalue weighted by Crippen LogP contribution is 2.16. The Bertz CT molecular complexity index is 514. The maximum atomic E-state index is 12.2. The number of likely N-dealkylation sites (tertiary alicyclic amines) is 1. The van der Waals surface area contributed by atoms with Crippen LogP contribution in [0.3, 0.4) is 0 Å². The van der Waals surface area contributed by atoms with E-state index in [4.69, 9.17) is 4.74 Å². The Morgan fingerprint density at radius 3 is 2.58 bits per heavy atom. The van der Waals surface area contributed by atoms with Crippen LogP contribution in [0.4, 0.5) is 0 Å². The van der Waals surface area contributed by atoms with Crippen LogP contribution in [0, 0.1) is 5.92 Å². The first-order valence-electron chi connectivity index (χ1n) is 8.62. The maximum absolute atomic E-state index is 12.2. The van der Waals surface area contributed by atoms with E-state index in [1.807, 2.05) is 23.1 Å². The standard InChI is InChI=1S/C18H27N3O3/c1-2-19-12-15-8-10-21(11-9-15)18(23)13-20-17(22)14-24-16-6-4-3-5-7-16/h3-7,15,19H,2,8-14H2,1H3,(H,20,22). The first kappa shape index (κ1) is 18.3. The van der Waals surface area contributed by atoms with Crippen LogP contribution in [-0.4, -0.2) is 56.0 Å². The monoisotopic (exact) mass is 333 g/mol. The summed E-state index contributed by atoms with van der Waals surface area (Å²) in [5.41, 5.74) is 0. The molecule has 24 heavy (non-hydrogen) atoms. The van der Waals surface area contributed by atoms with Gasteiger partial charge in [0.25, 0.3) is 5.91 Å². The molecule has 0 unspecified atom stereocenters. The van der Waals surface area contributed by atoms with Gasteiger partial charge in [0, 0.05) is 13.1 Å². The molecule has 0 saturated carbocycles. The average Bonchev–Trinajstić information content (AvgIpc) is 2.64. The minimum absolute atomic E-state index is 0.0232. The molecule has 1 saturated heterocycles. The van der Waals surface area contributed by atoms with Gasteiger partial charge in [0.2, 0.25) is 5.91 Å². The number of carbonyl (C=O) groups is 2. The average molecular weight is 333 g/mol. The lowest BCUT2D eigenvalue weighted by atomic mass is 9.97. The van der Waals surface area contributed by atoms with E-state index in [1.165, 1.54) is 0 Å². The van der Waals surface area contributed by atoms with Crippen molar-refractivity contribution in [1.82, 2.24) is 15.5 Å². The van der Waals surface area contributed by atoms with Gasteiger partial charge in [0.15, 0.2) is 6.61 Å². The second-order valence-electron chi connectivity index (χ2n) is 6.01. The number of benzene rings is 1. The molecule has 1 aromatic carbocycles. The Morgan fingerprint density at radius 2 is 1.92 bits per heavy atom. The van der Waals surface area contributed by atoms with Gasteiger partial charge in [-0.1, -0.05) is 25.1 Å². The van der Waals surface area contributed by atoms with Crippen LogP contribution in [-0.2, 0) is 9.59 Å². The Labute approximate surface area is 143 Å². The van der Waals surface area contributed by atoms with Gasteiger partial charge in [-0.15, -0.1) is 0 Å². The number of ether oxygens (including phenoxy) is 1. The highest BCUT2D eigenvalue weighted by Gasteiger charge is 2.22. The highest BCUT2D eigenvalue weighted by molar-refractivity contribution is 5.85. The third-order valence-corrected chi connectivity index (χ3v) is 4.20. The number of nitrogens with one attached hydrogen (secondary N) is 2. The lowest BCUT2D eigenvalue weighted by Gasteiger charge is -2.32. The lowest BCUT2D eigenvalue weighted by molar-refractivity contribution is -0.134. The second kappa shape index (κ2) is 9.93. The third kappa shape index (κ3) is 6.20. The zero-order valence-corrected chi connectivity index (χ0v) is 14.3. The van der Waals surface area contributed by atoms with Crippen molar-refractivity contribution in [3.63, 3.8) is 0 Å². The number of amides is 2. The summed E-state index contributed by atoms with van der Waals surface area (Å²) in [4.78, 5) is 25.7. The summed E-state index contributed by atoms with van der Waals surface area (Å²) in [5, 5.41) is 5.98. The number of piperidine rings is 1. The molecule has 6 nitrogen and oxygen atoms in total. The van der Waals surface area contributed by atoms with E-state index in [1.54, 1.807) is 12.1 Å². The predicted molar refractivity (Wildman–Crippen MR) is 92.8 cm³/mol. The van der Waals surface area contributed by atoms with Crippen LogP contribution in [0.5, 0.6) is 5.75 Å². The molecule has 0 spiro atoms. The minimum Gasteiger partial charge on any atom is -0.484 e. The van der Waals surface area contributed by atoms with Crippen LogP contribution in [0.1, 0.15) is 19.8 Å². The van der Waals surface area contributed by atoms with Gasteiger partial charge in [-0.25, -0.2) is 0 Å². The molecule has 2 amide bonds. The minimum atomic E-state index is -0.283. The summed E-state index contributed by atoms with van der Waals surface area (Å²) in [6, 6.07) is 9.14. The van der Waals surface area contributed by atoms with E-state index < -0.39 is 0 Å². The van der Waals surface area contributed by atoms with Crippen LogP contribution < -0.4 is 15.4 Å².